The zero-order valence-electron chi connectivity index (χ0n) is 12.7. The second-order valence-electron chi connectivity index (χ2n) is 5.50. The van der Waals surface area contributed by atoms with E-state index in [1.165, 1.54) is 19.3 Å². The molecule has 1 fully saturated rings. The summed E-state index contributed by atoms with van der Waals surface area (Å²) in [7, 11) is 0. The van der Waals surface area contributed by atoms with Gasteiger partial charge in [0.25, 0.3) is 0 Å². The highest BCUT2D eigenvalue weighted by Gasteiger charge is 2.25. The number of hydrogen-bond donors (Lipinski definition) is 1. The molecule has 5 heteroatoms. The number of nitrogens with one attached hydrogen (secondary N) is 1. The third-order valence-electron chi connectivity index (χ3n) is 3.92. The van der Waals surface area contributed by atoms with Gasteiger partial charge in [-0.05, 0) is 45.6 Å². The van der Waals surface area contributed by atoms with Crippen molar-refractivity contribution in [2.24, 2.45) is 0 Å². The molecule has 0 bridgehead atoms. The van der Waals surface area contributed by atoms with Crippen molar-refractivity contribution in [1.82, 2.24) is 15.5 Å². The number of rotatable bonds is 8. The maximum atomic E-state index is 5.41. The summed E-state index contributed by atoms with van der Waals surface area (Å²) in [4.78, 5) is 4.51. The summed E-state index contributed by atoms with van der Waals surface area (Å²) >= 11 is 0. The minimum atomic E-state index is 0.447. The minimum absolute atomic E-state index is 0.447. The Hall–Kier alpha value is -0.940. The molecular weight excluding hydrogens is 254 g/mol. The lowest BCUT2D eigenvalue weighted by Crippen LogP contribution is -2.33. The quantitative estimate of drug-likeness (QED) is 0.742. The second kappa shape index (κ2) is 8.37. The van der Waals surface area contributed by atoms with Crippen LogP contribution in [-0.2, 0) is 11.2 Å². The molecule has 2 rings (SSSR count). The molecule has 1 saturated carbocycles. The van der Waals surface area contributed by atoms with Gasteiger partial charge < -0.3 is 14.6 Å². The highest BCUT2D eigenvalue weighted by atomic mass is 16.5. The average Bonchev–Trinajstić information content (AvgIpc) is 2.95. The van der Waals surface area contributed by atoms with E-state index in [0.29, 0.717) is 18.6 Å². The lowest BCUT2D eigenvalue weighted by Gasteiger charge is -2.27. The molecule has 0 amide bonds. The Kier molecular flexibility index (Phi) is 6.47. The molecule has 114 valence electrons. The Morgan fingerprint density at radius 2 is 2.05 bits per heavy atom. The Bertz CT molecular complexity index is 373. The third kappa shape index (κ3) is 4.56. The molecule has 1 N–H and O–H groups in total. The van der Waals surface area contributed by atoms with Crippen molar-refractivity contribution in [3.05, 3.63) is 11.7 Å². The Morgan fingerprint density at radius 1 is 1.25 bits per heavy atom. The number of hydrogen-bond acceptors (Lipinski definition) is 5. The number of aromatic nitrogens is 2. The summed E-state index contributed by atoms with van der Waals surface area (Å²) in [5.74, 6) is 2.05. The van der Waals surface area contributed by atoms with Gasteiger partial charge in [0.1, 0.15) is 0 Å². The molecule has 0 unspecified atom stereocenters. The standard InChI is InChI=1S/C15H27N3O2/c1-3-10-16-13-7-5-12(6-8-13)15-17-14(18-20-15)9-11-19-4-2/h12-13,16H,3-11H2,1-2H3. The van der Waals surface area contributed by atoms with Crippen molar-refractivity contribution in [1.29, 1.82) is 0 Å². The highest BCUT2D eigenvalue weighted by Crippen LogP contribution is 2.31. The van der Waals surface area contributed by atoms with E-state index in [2.05, 4.69) is 22.4 Å². The van der Waals surface area contributed by atoms with Gasteiger partial charge in [0, 0.05) is 25.0 Å². The van der Waals surface area contributed by atoms with Gasteiger partial charge in [0.05, 0.1) is 6.61 Å². The first-order valence-electron chi connectivity index (χ1n) is 7.97. The minimum Gasteiger partial charge on any atom is -0.381 e. The zero-order chi connectivity index (χ0) is 14.2. The molecule has 0 atom stereocenters. The van der Waals surface area contributed by atoms with Crippen molar-refractivity contribution >= 4 is 0 Å². The number of nitrogens with zero attached hydrogens (tertiary/aromatic N) is 2. The van der Waals surface area contributed by atoms with Gasteiger partial charge in [0.15, 0.2) is 5.82 Å². The van der Waals surface area contributed by atoms with Crippen LogP contribution in [0.15, 0.2) is 4.52 Å². The van der Waals surface area contributed by atoms with Crippen LogP contribution in [0.2, 0.25) is 0 Å². The van der Waals surface area contributed by atoms with E-state index >= 15 is 0 Å². The molecule has 1 aromatic rings. The van der Waals surface area contributed by atoms with Crippen LogP contribution in [0.4, 0.5) is 0 Å². The molecule has 0 spiro atoms. The van der Waals surface area contributed by atoms with Gasteiger partial charge in [-0.1, -0.05) is 12.1 Å². The van der Waals surface area contributed by atoms with Crippen molar-refractivity contribution in [3.8, 4) is 0 Å². The van der Waals surface area contributed by atoms with Gasteiger partial charge in [-0.2, -0.15) is 4.98 Å². The Labute approximate surface area is 121 Å². The van der Waals surface area contributed by atoms with Crippen molar-refractivity contribution in [3.63, 3.8) is 0 Å². The van der Waals surface area contributed by atoms with E-state index in [-0.39, 0.29) is 0 Å². The van der Waals surface area contributed by atoms with Crippen molar-refractivity contribution in [2.75, 3.05) is 19.8 Å². The van der Waals surface area contributed by atoms with Gasteiger partial charge in [0.2, 0.25) is 5.89 Å². The highest BCUT2D eigenvalue weighted by molar-refractivity contribution is 4.97. The fraction of sp³-hybridized carbons (Fsp3) is 0.867. The summed E-state index contributed by atoms with van der Waals surface area (Å²) < 4.78 is 10.7. The predicted molar refractivity (Wildman–Crippen MR) is 77.8 cm³/mol. The molecule has 1 aliphatic carbocycles. The molecular formula is C15H27N3O2. The molecule has 5 nitrogen and oxygen atoms in total. The van der Waals surface area contributed by atoms with E-state index in [4.69, 9.17) is 9.26 Å². The fourth-order valence-electron chi connectivity index (χ4n) is 2.74. The van der Waals surface area contributed by atoms with E-state index in [9.17, 15) is 0 Å². The second-order valence-corrected chi connectivity index (χ2v) is 5.50. The van der Waals surface area contributed by atoms with Gasteiger partial charge in [-0.25, -0.2) is 0 Å². The molecule has 0 aliphatic heterocycles. The number of ether oxygens (including phenoxy) is 1. The largest absolute Gasteiger partial charge is 0.381 e. The van der Waals surface area contributed by atoms with Crippen LogP contribution in [0.1, 0.15) is 63.6 Å². The topological polar surface area (TPSA) is 60.2 Å². The van der Waals surface area contributed by atoms with E-state index in [1.54, 1.807) is 0 Å². The van der Waals surface area contributed by atoms with Crippen LogP contribution in [0.3, 0.4) is 0 Å². The molecule has 0 radical (unpaired) electrons. The Morgan fingerprint density at radius 3 is 2.75 bits per heavy atom. The van der Waals surface area contributed by atoms with Gasteiger partial charge in [-0.3, -0.25) is 0 Å². The summed E-state index contributed by atoms with van der Waals surface area (Å²) in [6.45, 7) is 6.73. The molecule has 1 aromatic heterocycles. The predicted octanol–water partition coefficient (Wildman–Crippen LogP) is 2.67. The van der Waals surface area contributed by atoms with Gasteiger partial charge >= 0.3 is 0 Å². The first-order chi connectivity index (χ1) is 9.83. The maximum Gasteiger partial charge on any atom is 0.229 e. The van der Waals surface area contributed by atoms with E-state index < -0.39 is 0 Å². The lowest BCUT2D eigenvalue weighted by molar-refractivity contribution is 0.149. The first-order valence-corrected chi connectivity index (χ1v) is 7.97. The normalized spacial score (nSPS) is 23.1. The molecule has 0 aromatic carbocycles. The maximum absolute atomic E-state index is 5.41. The van der Waals surface area contributed by atoms with Gasteiger partial charge in [-0.15, -0.1) is 0 Å². The van der Waals surface area contributed by atoms with Crippen LogP contribution in [0.25, 0.3) is 0 Å². The van der Waals surface area contributed by atoms with Crippen LogP contribution in [-0.4, -0.2) is 35.9 Å². The van der Waals surface area contributed by atoms with E-state index in [1.807, 2.05) is 6.92 Å². The molecule has 20 heavy (non-hydrogen) atoms. The van der Waals surface area contributed by atoms with Crippen LogP contribution >= 0.6 is 0 Å². The van der Waals surface area contributed by atoms with Crippen molar-refractivity contribution < 1.29 is 9.26 Å². The van der Waals surface area contributed by atoms with Crippen LogP contribution < -0.4 is 5.32 Å². The molecule has 1 aliphatic rings. The summed E-state index contributed by atoms with van der Waals surface area (Å²) in [5, 5.41) is 7.65. The van der Waals surface area contributed by atoms with E-state index in [0.717, 1.165) is 44.1 Å². The lowest BCUT2D eigenvalue weighted by atomic mass is 9.86. The van der Waals surface area contributed by atoms with Crippen molar-refractivity contribution in [2.45, 2.75) is 64.3 Å². The smallest absolute Gasteiger partial charge is 0.229 e. The summed E-state index contributed by atoms with van der Waals surface area (Å²) in [6.07, 6.45) is 6.66. The van der Waals surface area contributed by atoms with Crippen LogP contribution in [0, 0.1) is 0 Å². The average molecular weight is 281 g/mol. The van der Waals surface area contributed by atoms with Crippen LogP contribution in [0.5, 0.6) is 0 Å². The first kappa shape index (κ1) is 15.4. The fourth-order valence-corrected chi connectivity index (χ4v) is 2.74. The third-order valence-corrected chi connectivity index (χ3v) is 3.92. The summed E-state index contributed by atoms with van der Waals surface area (Å²) in [6, 6.07) is 0.673. The Balaban J connectivity index is 1.75. The molecule has 1 heterocycles. The molecule has 0 saturated heterocycles. The monoisotopic (exact) mass is 281 g/mol. The zero-order valence-corrected chi connectivity index (χ0v) is 12.7. The summed E-state index contributed by atoms with van der Waals surface area (Å²) in [5.41, 5.74) is 0. The SMILES string of the molecule is CCCNC1CCC(c2nc(CCOCC)no2)CC1.